The first-order valence-corrected chi connectivity index (χ1v) is 9.15. The van der Waals surface area contributed by atoms with Crippen LogP contribution in [0.3, 0.4) is 0 Å². The second kappa shape index (κ2) is 8.36. The Bertz CT molecular complexity index is 514. The van der Waals surface area contributed by atoms with Crippen LogP contribution in [0.15, 0.2) is 24.3 Å². The maximum Gasteiger partial charge on any atom is 0.148 e. The smallest absolute Gasteiger partial charge is 0.148 e. The molecule has 0 radical (unpaired) electrons. The number of likely N-dealkylation sites (N-methyl/N-ethyl adjacent to an activating group) is 2. The SMILES string of the molecule is CCNC(CN(C)CCS(C)(=O)=O)c1ccc(OC)cc1. The molecule has 0 heterocycles. The van der Waals surface area contributed by atoms with Crippen LogP contribution in [0.2, 0.25) is 0 Å². The van der Waals surface area contributed by atoms with Gasteiger partial charge in [0.25, 0.3) is 0 Å². The quantitative estimate of drug-likeness (QED) is 0.745. The molecule has 5 nitrogen and oxygen atoms in total. The minimum Gasteiger partial charge on any atom is -0.497 e. The van der Waals surface area contributed by atoms with Gasteiger partial charge in [0, 0.05) is 25.4 Å². The maximum absolute atomic E-state index is 11.2. The highest BCUT2D eigenvalue weighted by Crippen LogP contribution is 2.18. The van der Waals surface area contributed by atoms with Crippen molar-refractivity contribution in [3.63, 3.8) is 0 Å². The molecule has 1 N–H and O–H groups in total. The number of methoxy groups -OCH3 is 1. The molecular weight excluding hydrogens is 288 g/mol. The van der Waals surface area contributed by atoms with E-state index in [4.69, 9.17) is 4.74 Å². The summed E-state index contributed by atoms with van der Waals surface area (Å²) in [5.41, 5.74) is 1.17. The maximum atomic E-state index is 11.2. The summed E-state index contributed by atoms with van der Waals surface area (Å²) in [7, 11) is 0.673. The highest BCUT2D eigenvalue weighted by atomic mass is 32.2. The number of ether oxygens (including phenoxy) is 1. The third kappa shape index (κ3) is 6.93. The summed E-state index contributed by atoms with van der Waals surface area (Å²) < 4.78 is 27.6. The van der Waals surface area contributed by atoms with Gasteiger partial charge in [-0.25, -0.2) is 8.42 Å². The van der Waals surface area contributed by atoms with Crippen LogP contribution >= 0.6 is 0 Å². The number of rotatable bonds is 9. The van der Waals surface area contributed by atoms with Crippen LogP contribution in [0.25, 0.3) is 0 Å². The van der Waals surface area contributed by atoms with Gasteiger partial charge in [-0.3, -0.25) is 0 Å². The van der Waals surface area contributed by atoms with Crippen LogP contribution < -0.4 is 10.1 Å². The monoisotopic (exact) mass is 314 g/mol. The van der Waals surface area contributed by atoms with E-state index >= 15 is 0 Å². The fourth-order valence-corrected chi connectivity index (χ4v) is 2.74. The highest BCUT2D eigenvalue weighted by Gasteiger charge is 2.14. The van der Waals surface area contributed by atoms with E-state index < -0.39 is 9.84 Å². The Morgan fingerprint density at radius 1 is 1.29 bits per heavy atom. The number of nitrogens with one attached hydrogen (secondary N) is 1. The molecule has 21 heavy (non-hydrogen) atoms. The molecule has 0 aliphatic carbocycles. The number of hydrogen-bond acceptors (Lipinski definition) is 5. The van der Waals surface area contributed by atoms with Gasteiger partial charge in [-0.05, 0) is 31.3 Å². The molecule has 0 saturated carbocycles. The summed E-state index contributed by atoms with van der Waals surface area (Å²) in [6.45, 7) is 4.22. The van der Waals surface area contributed by atoms with Crippen LogP contribution in [0.5, 0.6) is 5.75 Å². The molecule has 120 valence electrons. The lowest BCUT2D eigenvalue weighted by Gasteiger charge is -2.25. The van der Waals surface area contributed by atoms with E-state index in [-0.39, 0.29) is 11.8 Å². The predicted molar refractivity (Wildman–Crippen MR) is 86.6 cm³/mol. The third-order valence-corrected chi connectivity index (χ3v) is 4.23. The fraction of sp³-hybridized carbons (Fsp3) is 0.600. The molecule has 0 amide bonds. The van der Waals surface area contributed by atoms with Gasteiger partial charge in [-0.1, -0.05) is 19.1 Å². The van der Waals surface area contributed by atoms with Gasteiger partial charge in [-0.2, -0.15) is 0 Å². The largest absolute Gasteiger partial charge is 0.497 e. The molecule has 1 unspecified atom stereocenters. The van der Waals surface area contributed by atoms with Gasteiger partial charge in [0.1, 0.15) is 15.6 Å². The molecule has 0 spiro atoms. The summed E-state index contributed by atoms with van der Waals surface area (Å²) in [6.07, 6.45) is 1.27. The summed E-state index contributed by atoms with van der Waals surface area (Å²) in [5.74, 6) is 1.02. The molecule has 1 rings (SSSR count). The highest BCUT2D eigenvalue weighted by molar-refractivity contribution is 7.90. The van der Waals surface area contributed by atoms with Crippen molar-refractivity contribution in [1.29, 1.82) is 0 Å². The summed E-state index contributed by atoms with van der Waals surface area (Å²) in [6, 6.07) is 8.13. The minimum atomic E-state index is -2.92. The topological polar surface area (TPSA) is 58.6 Å². The molecular formula is C15H26N2O3S. The van der Waals surface area contributed by atoms with Crippen molar-refractivity contribution in [1.82, 2.24) is 10.2 Å². The Labute approximate surface area is 128 Å². The lowest BCUT2D eigenvalue weighted by molar-refractivity contribution is 0.306. The van der Waals surface area contributed by atoms with E-state index in [2.05, 4.69) is 12.2 Å². The van der Waals surface area contributed by atoms with Crippen LogP contribution in [0.1, 0.15) is 18.5 Å². The molecule has 0 fully saturated rings. The Morgan fingerprint density at radius 3 is 2.38 bits per heavy atom. The second-order valence-electron chi connectivity index (χ2n) is 5.28. The zero-order valence-electron chi connectivity index (χ0n) is 13.3. The van der Waals surface area contributed by atoms with E-state index in [0.29, 0.717) is 6.54 Å². The van der Waals surface area contributed by atoms with Crippen molar-refractivity contribution >= 4 is 9.84 Å². The number of benzene rings is 1. The molecule has 0 bridgehead atoms. The van der Waals surface area contributed by atoms with Crippen molar-refractivity contribution in [2.75, 3.05) is 45.8 Å². The van der Waals surface area contributed by atoms with Gasteiger partial charge >= 0.3 is 0 Å². The molecule has 0 aliphatic rings. The van der Waals surface area contributed by atoms with E-state index in [1.807, 2.05) is 36.2 Å². The average Bonchev–Trinajstić information content (AvgIpc) is 2.44. The first-order chi connectivity index (χ1) is 9.85. The van der Waals surface area contributed by atoms with Gasteiger partial charge in [0.05, 0.1) is 12.9 Å². The summed E-state index contributed by atoms with van der Waals surface area (Å²) in [5, 5.41) is 3.43. The number of hydrogen-bond donors (Lipinski definition) is 1. The molecule has 0 aliphatic heterocycles. The average molecular weight is 314 g/mol. The molecule has 6 heteroatoms. The number of sulfone groups is 1. The number of nitrogens with zero attached hydrogens (tertiary/aromatic N) is 1. The first-order valence-electron chi connectivity index (χ1n) is 7.09. The van der Waals surface area contributed by atoms with E-state index in [1.54, 1.807) is 7.11 Å². The Kier molecular flexibility index (Phi) is 7.14. The minimum absolute atomic E-state index is 0.172. The van der Waals surface area contributed by atoms with Crippen LogP contribution in [0.4, 0.5) is 0 Å². The first kappa shape index (κ1) is 17.9. The molecule has 1 atom stereocenters. The molecule has 1 aromatic rings. The van der Waals surface area contributed by atoms with Crippen LogP contribution in [-0.2, 0) is 9.84 Å². The van der Waals surface area contributed by atoms with E-state index in [9.17, 15) is 8.42 Å². The lowest BCUT2D eigenvalue weighted by Crippen LogP contribution is -2.35. The van der Waals surface area contributed by atoms with E-state index in [0.717, 1.165) is 18.8 Å². The Balaban J connectivity index is 2.67. The lowest BCUT2D eigenvalue weighted by atomic mass is 10.1. The van der Waals surface area contributed by atoms with Crippen molar-refractivity contribution in [3.8, 4) is 5.75 Å². The summed E-state index contributed by atoms with van der Waals surface area (Å²) >= 11 is 0. The van der Waals surface area contributed by atoms with Gasteiger partial charge in [-0.15, -0.1) is 0 Å². The molecule has 1 aromatic carbocycles. The van der Waals surface area contributed by atoms with Crippen molar-refractivity contribution < 1.29 is 13.2 Å². The zero-order chi connectivity index (χ0) is 15.9. The fourth-order valence-electron chi connectivity index (χ4n) is 2.10. The van der Waals surface area contributed by atoms with Crippen LogP contribution in [-0.4, -0.2) is 59.1 Å². The normalized spacial score (nSPS) is 13.4. The van der Waals surface area contributed by atoms with Crippen molar-refractivity contribution in [3.05, 3.63) is 29.8 Å². The molecule has 0 aromatic heterocycles. The molecule has 0 saturated heterocycles. The zero-order valence-corrected chi connectivity index (χ0v) is 14.1. The predicted octanol–water partition coefficient (Wildman–Crippen LogP) is 1.32. The summed E-state index contributed by atoms with van der Waals surface area (Å²) in [4.78, 5) is 2.04. The third-order valence-electron chi connectivity index (χ3n) is 3.31. The van der Waals surface area contributed by atoms with E-state index in [1.165, 1.54) is 11.8 Å². The standard InChI is InChI=1S/C15H26N2O3S/c1-5-16-15(12-17(2)10-11-21(4,18)19)13-6-8-14(20-3)9-7-13/h6-9,15-16H,5,10-12H2,1-4H3. The van der Waals surface area contributed by atoms with Gasteiger partial charge in [0.15, 0.2) is 0 Å². The van der Waals surface area contributed by atoms with Gasteiger partial charge < -0.3 is 15.0 Å². The van der Waals surface area contributed by atoms with Crippen molar-refractivity contribution in [2.45, 2.75) is 13.0 Å². The van der Waals surface area contributed by atoms with Crippen LogP contribution in [0, 0.1) is 0 Å². The Hall–Kier alpha value is -1.11. The Morgan fingerprint density at radius 2 is 1.90 bits per heavy atom. The van der Waals surface area contributed by atoms with Gasteiger partial charge in [0.2, 0.25) is 0 Å². The van der Waals surface area contributed by atoms with Crippen molar-refractivity contribution in [2.24, 2.45) is 0 Å². The second-order valence-corrected chi connectivity index (χ2v) is 7.54.